The number of benzene rings is 2. The number of amides is 2. The van der Waals surface area contributed by atoms with Crippen molar-refractivity contribution < 1.29 is 14.3 Å². The summed E-state index contributed by atoms with van der Waals surface area (Å²) in [5.74, 6) is -0.509. The van der Waals surface area contributed by atoms with Gasteiger partial charge in [-0.25, -0.2) is 0 Å². The molecule has 2 amide bonds. The molecule has 1 fully saturated rings. The minimum atomic E-state index is -0.475. The van der Waals surface area contributed by atoms with Gasteiger partial charge in [0, 0.05) is 16.0 Å². The largest absolute Gasteiger partial charge is 0.496 e. The third-order valence-electron chi connectivity index (χ3n) is 4.14. The fraction of sp³-hybridized carbons (Fsp3) is 0.222. The summed E-state index contributed by atoms with van der Waals surface area (Å²) in [6.07, 6.45) is 0.704. The van der Waals surface area contributed by atoms with Crippen LogP contribution in [0.4, 0.5) is 0 Å². The van der Waals surface area contributed by atoms with Crippen LogP contribution in [0.15, 0.2) is 42.5 Å². The first-order valence-corrected chi connectivity index (χ1v) is 8.45. The molecular formula is C18H16Cl2N2O3. The van der Waals surface area contributed by atoms with Crippen LogP contribution in [-0.2, 0) is 4.79 Å². The van der Waals surface area contributed by atoms with Gasteiger partial charge >= 0.3 is 0 Å². The Kier molecular flexibility index (Phi) is 5.16. The van der Waals surface area contributed by atoms with Crippen LogP contribution in [0.3, 0.4) is 0 Å². The van der Waals surface area contributed by atoms with Gasteiger partial charge in [-0.2, -0.15) is 0 Å². The lowest BCUT2D eigenvalue weighted by Gasteiger charge is -2.11. The van der Waals surface area contributed by atoms with Crippen LogP contribution in [0.25, 0.3) is 0 Å². The molecule has 1 aliphatic carbocycles. The second-order valence-corrected chi connectivity index (χ2v) is 6.60. The molecule has 1 aliphatic rings. The molecule has 0 aromatic heterocycles. The first kappa shape index (κ1) is 17.6. The second-order valence-electron chi connectivity index (χ2n) is 5.76. The van der Waals surface area contributed by atoms with Crippen molar-refractivity contribution in [3.8, 4) is 5.75 Å². The van der Waals surface area contributed by atoms with Crippen molar-refractivity contribution >= 4 is 35.0 Å². The fourth-order valence-electron chi connectivity index (χ4n) is 2.74. The van der Waals surface area contributed by atoms with Crippen molar-refractivity contribution in [2.75, 3.05) is 7.11 Å². The van der Waals surface area contributed by atoms with Gasteiger partial charge in [-0.05, 0) is 42.2 Å². The van der Waals surface area contributed by atoms with E-state index in [-0.39, 0.29) is 23.3 Å². The van der Waals surface area contributed by atoms with Crippen molar-refractivity contribution in [3.05, 3.63) is 63.6 Å². The Hall–Kier alpha value is -2.24. The number of halogens is 2. The maximum absolute atomic E-state index is 12.2. The second kappa shape index (κ2) is 7.33. The first-order chi connectivity index (χ1) is 12.0. The number of carbonyl (C=O) groups is 2. The molecule has 0 bridgehead atoms. The van der Waals surface area contributed by atoms with Crippen molar-refractivity contribution in [1.29, 1.82) is 0 Å². The summed E-state index contributed by atoms with van der Waals surface area (Å²) < 4.78 is 5.13. The average molecular weight is 379 g/mol. The molecule has 130 valence electrons. The van der Waals surface area contributed by atoms with Gasteiger partial charge in [-0.1, -0.05) is 41.4 Å². The first-order valence-electron chi connectivity index (χ1n) is 7.69. The summed E-state index contributed by atoms with van der Waals surface area (Å²) in [5.41, 5.74) is 6.10. The highest BCUT2D eigenvalue weighted by molar-refractivity contribution is 6.31. The highest BCUT2D eigenvalue weighted by atomic mass is 35.5. The highest BCUT2D eigenvalue weighted by Gasteiger charge is 2.44. The molecule has 0 heterocycles. The van der Waals surface area contributed by atoms with Crippen LogP contribution < -0.4 is 15.6 Å². The minimum absolute atomic E-state index is 0.0793. The molecule has 0 saturated heterocycles. The van der Waals surface area contributed by atoms with E-state index in [2.05, 4.69) is 10.9 Å². The molecular weight excluding hydrogens is 363 g/mol. The van der Waals surface area contributed by atoms with E-state index >= 15 is 0 Å². The third-order valence-corrected chi connectivity index (χ3v) is 4.72. The molecule has 3 rings (SSSR count). The van der Waals surface area contributed by atoms with Crippen LogP contribution in [0.5, 0.6) is 5.75 Å². The Labute approximate surface area is 155 Å². The zero-order valence-electron chi connectivity index (χ0n) is 13.4. The molecule has 2 aromatic carbocycles. The van der Waals surface area contributed by atoms with E-state index < -0.39 is 5.91 Å². The number of hydrazine groups is 1. The SMILES string of the molecule is COc1cc(Cl)ccc1C(=O)NNC(=O)C1CC1c1ccccc1Cl. The van der Waals surface area contributed by atoms with E-state index in [1.807, 2.05) is 18.2 Å². The number of nitrogens with one attached hydrogen (secondary N) is 2. The minimum Gasteiger partial charge on any atom is -0.496 e. The standard InChI is InChI=1S/C18H16Cl2N2O3/c1-25-16-8-10(19)6-7-12(16)17(23)21-22-18(24)14-9-13(14)11-4-2-3-5-15(11)20/h2-8,13-14H,9H2,1H3,(H,21,23)(H,22,24). The van der Waals surface area contributed by atoms with E-state index in [1.165, 1.54) is 19.2 Å². The van der Waals surface area contributed by atoms with Crippen molar-refractivity contribution in [2.45, 2.75) is 12.3 Å². The maximum Gasteiger partial charge on any atom is 0.273 e. The molecule has 2 aromatic rings. The van der Waals surface area contributed by atoms with Gasteiger partial charge in [0.15, 0.2) is 0 Å². The molecule has 0 radical (unpaired) electrons. The summed E-state index contributed by atoms with van der Waals surface area (Å²) in [6.45, 7) is 0. The van der Waals surface area contributed by atoms with Gasteiger partial charge < -0.3 is 4.74 Å². The quantitative estimate of drug-likeness (QED) is 0.799. The predicted octanol–water partition coefficient (Wildman–Crippen LogP) is 3.57. The van der Waals surface area contributed by atoms with E-state index in [0.29, 0.717) is 22.2 Å². The van der Waals surface area contributed by atoms with Crippen LogP contribution in [-0.4, -0.2) is 18.9 Å². The molecule has 7 heteroatoms. The summed E-state index contributed by atoms with van der Waals surface area (Å²) in [6, 6.07) is 12.1. The monoisotopic (exact) mass is 378 g/mol. The zero-order chi connectivity index (χ0) is 18.0. The lowest BCUT2D eigenvalue weighted by molar-refractivity contribution is -0.123. The molecule has 2 unspecified atom stereocenters. The van der Waals surface area contributed by atoms with Crippen LogP contribution >= 0.6 is 23.2 Å². The third kappa shape index (κ3) is 3.89. The lowest BCUT2D eigenvalue weighted by Crippen LogP contribution is -2.42. The lowest BCUT2D eigenvalue weighted by atomic mass is 10.1. The van der Waals surface area contributed by atoms with Gasteiger partial charge in [0.25, 0.3) is 5.91 Å². The average Bonchev–Trinajstić information content (AvgIpc) is 3.40. The van der Waals surface area contributed by atoms with Gasteiger partial charge in [0.05, 0.1) is 12.7 Å². The number of hydrogen-bond donors (Lipinski definition) is 2. The van der Waals surface area contributed by atoms with Crippen molar-refractivity contribution in [2.24, 2.45) is 5.92 Å². The number of rotatable bonds is 4. The Morgan fingerprint density at radius 3 is 2.60 bits per heavy atom. The Morgan fingerprint density at radius 2 is 1.88 bits per heavy atom. The topological polar surface area (TPSA) is 67.4 Å². The van der Waals surface area contributed by atoms with E-state index in [0.717, 1.165) is 5.56 Å². The molecule has 2 atom stereocenters. The van der Waals surface area contributed by atoms with E-state index in [1.54, 1.807) is 12.1 Å². The van der Waals surface area contributed by atoms with E-state index in [4.69, 9.17) is 27.9 Å². The highest BCUT2D eigenvalue weighted by Crippen LogP contribution is 2.49. The number of methoxy groups -OCH3 is 1. The predicted molar refractivity (Wildman–Crippen MR) is 95.9 cm³/mol. The van der Waals surface area contributed by atoms with Gasteiger partial charge in [-0.3, -0.25) is 20.4 Å². The molecule has 5 nitrogen and oxygen atoms in total. The summed E-state index contributed by atoms with van der Waals surface area (Å²) >= 11 is 12.0. The molecule has 0 aliphatic heterocycles. The Bertz CT molecular complexity index is 826. The molecule has 0 spiro atoms. The Balaban J connectivity index is 1.59. The smallest absolute Gasteiger partial charge is 0.273 e. The van der Waals surface area contributed by atoms with E-state index in [9.17, 15) is 9.59 Å². The molecule has 2 N–H and O–H groups in total. The van der Waals surface area contributed by atoms with Crippen LogP contribution in [0.1, 0.15) is 28.3 Å². The van der Waals surface area contributed by atoms with Gasteiger partial charge in [0.1, 0.15) is 5.75 Å². The van der Waals surface area contributed by atoms with Crippen molar-refractivity contribution in [1.82, 2.24) is 10.9 Å². The van der Waals surface area contributed by atoms with Gasteiger partial charge in [0.2, 0.25) is 5.91 Å². The zero-order valence-corrected chi connectivity index (χ0v) is 14.9. The summed E-state index contributed by atoms with van der Waals surface area (Å²) in [5, 5.41) is 1.11. The number of carbonyl (C=O) groups excluding carboxylic acids is 2. The number of ether oxygens (including phenoxy) is 1. The summed E-state index contributed by atoms with van der Waals surface area (Å²) in [4.78, 5) is 24.4. The maximum atomic E-state index is 12.2. The molecule has 25 heavy (non-hydrogen) atoms. The summed E-state index contributed by atoms with van der Waals surface area (Å²) in [7, 11) is 1.44. The van der Waals surface area contributed by atoms with Gasteiger partial charge in [-0.15, -0.1) is 0 Å². The number of hydrogen-bond acceptors (Lipinski definition) is 3. The van der Waals surface area contributed by atoms with Crippen LogP contribution in [0.2, 0.25) is 10.0 Å². The fourth-order valence-corrected chi connectivity index (χ4v) is 3.17. The van der Waals surface area contributed by atoms with Crippen LogP contribution in [0, 0.1) is 5.92 Å². The molecule has 1 saturated carbocycles. The van der Waals surface area contributed by atoms with Crippen molar-refractivity contribution in [3.63, 3.8) is 0 Å². The normalized spacial score (nSPS) is 18.4. The Morgan fingerprint density at radius 1 is 1.12 bits per heavy atom.